The zero-order chi connectivity index (χ0) is 9.94. The first kappa shape index (κ1) is 11.6. The van der Waals surface area contributed by atoms with Gasteiger partial charge in [-0.1, -0.05) is 13.8 Å². The second-order valence-corrected chi connectivity index (χ2v) is 5.00. The van der Waals surface area contributed by atoms with Crippen LogP contribution in [0.5, 0.6) is 0 Å². The van der Waals surface area contributed by atoms with Crippen molar-refractivity contribution in [1.82, 2.24) is 4.72 Å². The lowest BCUT2D eigenvalue weighted by Crippen LogP contribution is -2.42. The van der Waals surface area contributed by atoms with Gasteiger partial charge in [0.1, 0.15) is 5.78 Å². The van der Waals surface area contributed by atoms with Crippen LogP contribution in [0.4, 0.5) is 0 Å². The summed E-state index contributed by atoms with van der Waals surface area (Å²) in [5.74, 6) is -0.173. The highest BCUT2D eigenvalue weighted by Gasteiger charge is 2.21. The zero-order valence-corrected chi connectivity index (χ0v) is 8.60. The van der Waals surface area contributed by atoms with Gasteiger partial charge < -0.3 is 0 Å². The van der Waals surface area contributed by atoms with Gasteiger partial charge >= 0.3 is 0 Å². The van der Waals surface area contributed by atoms with E-state index < -0.39 is 16.1 Å². The Bertz CT molecular complexity index is 256. The monoisotopic (exact) mass is 193 g/mol. The molecular weight excluding hydrogens is 178 g/mol. The van der Waals surface area contributed by atoms with Crippen molar-refractivity contribution in [3.8, 4) is 0 Å². The van der Waals surface area contributed by atoms with Crippen LogP contribution in [-0.4, -0.2) is 26.5 Å². The highest BCUT2D eigenvalue weighted by atomic mass is 32.2. The Hall–Kier alpha value is -0.420. The summed E-state index contributed by atoms with van der Waals surface area (Å²) in [4.78, 5) is 10.9. The molecule has 0 heterocycles. The Labute approximate surface area is 73.4 Å². The van der Waals surface area contributed by atoms with Crippen LogP contribution in [0.3, 0.4) is 0 Å². The Morgan fingerprint density at radius 1 is 1.33 bits per heavy atom. The van der Waals surface area contributed by atoms with Gasteiger partial charge in [0.25, 0.3) is 0 Å². The maximum Gasteiger partial charge on any atom is 0.209 e. The minimum absolute atomic E-state index is 0.0165. The van der Waals surface area contributed by atoms with Gasteiger partial charge in [-0.25, -0.2) is 13.1 Å². The molecule has 0 unspecified atom stereocenters. The minimum atomic E-state index is -3.28. The molecule has 0 aromatic heterocycles. The van der Waals surface area contributed by atoms with Crippen LogP contribution < -0.4 is 4.72 Å². The van der Waals surface area contributed by atoms with E-state index in [-0.39, 0.29) is 11.7 Å². The third-order valence-corrected chi connectivity index (χ3v) is 2.13. The van der Waals surface area contributed by atoms with Gasteiger partial charge in [0.2, 0.25) is 10.0 Å². The Morgan fingerprint density at radius 3 is 1.83 bits per heavy atom. The van der Waals surface area contributed by atoms with Gasteiger partial charge in [-0.05, 0) is 12.8 Å². The highest BCUT2D eigenvalue weighted by Crippen LogP contribution is 2.03. The fourth-order valence-electron chi connectivity index (χ4n) is 0.919. The van der Waals surface area contributed by atoms with Gasteiger partial charge in [0.05, 0.1) is 12.3 Å². The summed E-state index contributed by atoms with van der Waals surface area (Å²) in [6, 6.07) is -0.597. The van der Waals surface area contributed by atoms with Crippen molar-refractivity contribution in [2.75, 3.05) is 6.26 Å². The largest absolute Gasteiger partial charge is 0.298 e. The van der Waals surface area contributed by atoms with E-state index in [1.807, 2.05) is 0 Å². The minimum Gasteiger partial charge on any atom is -0.298 e. The number of rotatable bonds is 4. The van der Waals surface area contributed by atoms with Crippen LogP contribution in [0.1, 0.15) is 20.8 Å². The molecule has 0 saturated carbocycles. The Balaban J connectivity index is 4.46. The fraction of sp³-hybridized carbons (Fsp3) is 0.857. The maximum absolute atomic E-state index is 10.9. The van der Waals surface area contributed by atoms with Crippen molar-refractivity contribution < 1.29 is 13.2 Å². The van der Waals surface area contributed by atoms with Crippen molar-refractivity contribution >= 4 is 15.8 Å². The second-order valence-electron chi connectivity index (χ2n) is 3.22. The van der Waals surface area contributed by atoms with E-state index in [1.165, 1.54) is 6.92 Å². The summed E-state index contributed by atoms with van der Waals surface area (Å²) in [6.45, 7) is 4.97. The molecule has 0 aliphatic rings. The molecule has 1 N–H and O–H groups in total. The summed E-state index contributed by atoms with van der Waals surface area (Å²) in [5.41, 5.74) is 0. The normalized spacial score (nSPS) is 14.8. The van der Waals surface area contributed by atoms with E-state index in [4.69, 9.17) is 0 Å². The summed E-state index contributed by atoms with van der Waals surface area (Å²) < 4.78 is 23.9. The molecule has 1 atom stereocenters. The third-order valence-electron chi connectivity index (χ3n) is 1.45. The van der Waals surface area contributed by atoms with Crippen molar-refractivity contribution in [3.63, 3.8) is 0 Å². The predicted molar refractivity (Wildman–Crippen MR) is 47.3 cm³/mol. The molecule has 0 aliphatic heterocycles. The van der Waals surface area contributed by atoms with E-state index in [9.17, 15) is 13.2 Å². The lowest BCUT2D eigenvalue weighted by Gasteiger charge is -2.17. The van der Waals surface area contributed by atoms with E-state index in [2.05, 4.69) is 4.72 Å². The molecule has 0 aliphatic carbocycles. The lowest BCUT2D eigenvalue weighted by atomic mass is 10.0. The molecule has 12 heavy (non-hydrogen) atoms. The molecule has 5 heteroatoms. The third kappa shape index (κ3) is 4.46. The standard InChI is InChI=1S/C7H15NO3S/c1-5(2)7(6(3)9)8-12(4,10)11/h5,7-8H,1-4H3/t7-/m0/s1. The molecule has 0 amide bonds. The number of sulfonamides is 1. The summed E-state index contributed by atoms with van der Waals surface area (Å²) >= 11 is 0. The molecule has 0 aromatic rings. The van der Waals surface area contributed by atoms with E-state index in [1.54, 1.807) is 13.8 Å². The fourth-order valence-corrected chi connectivity index (χ4v) is 1.82. The van der Waals surface area contributed by atoms with Crippen LogP contribution in [-0.2, 0) is 14.8 Å². The molecule has 0 aromatic carbocycles. The number of Topliss-reactive ketones (excluding diaryl/α,β-unsaturated/α-hetero) is 1. The van der Waals surface area contributed by atoms with Crippen LogP contribution >= 0.6 is 0 Å². The highest BCUT2D eigenvalue weighted by molar-refractivity contribution is 7.88. The topological polar surface area (TPSA) is 63.2 Å². The van der Waals surface area contributed by atoms with Gasteiger partial charge in [0.15, 0.2) is 0 Å². The van der Waals surface area contributed by atoms with Crippen LogP contribution in [0.15, 0.2) is 0 Å². The number of hydrogen-bond donors (Lipinski definition) is 1. The number of carbonyl (C=O) groups excluding carboxylic acids is 1. The van der Waals surface area contributed by atoms with Crippen molar-refractivity contribution in [1.29, 1.82) is 0 Å². The quantitative estimate of drug-likeness (QED) is 0.691. The maximum atomic E-state index is 10.9. The number of hydrogen-bond acceptors (Lipinski definition) is 3. The molecule has 0 bridgehead atoms. The number of nitrogens with one attached hydrogen (secondary N) is 1. The molecule has 0 saturated heterocycles. The van der Waals surface area contributed by atoms with Crippen LogP contribution in [0, 0.1) is 5.92 Å². The molecular formula is C7H15NO3S. The first-order valence-corrected chi connectivity index (χ1v) is 5.61. The number of ketones is 1. The smallest absolute Gasteiger partial charge is 0.209 e. The summed E-state index contributed by atoms with van der Waals surface area (Å²) in [5, 5.41) is 0. The summed E-state index contributed by atoms with van der Waals surface area (Å²) in [6.07, 6.45) is 1.05. The molecule has 72 valence electrons. The van der Waals surface area contributed by atoms with Crippen LogP contribution in [0.2, 0.25) is 0 Å². The van der Waals surface area contributed by atoms with Crippen molar-refractivity contribution in [2.24, 2.45) is 5.92 Å². The predicted octanol–water partition coefficient (Wildman–Crippen LogP) is 0.149. The van der Waals surface area contributed by atoms with E-state index >= 15 is 0 Å². The Kier molecular flexibility index (Phi) is 3.86. The zero-order valence-electron chi connectivity index (χ0n) is 7.79. The molecule has 0 fully saturated rings. The van der Waals surface area contributed by atoms with Crippen molar-refractivity contribution in [2.45, 2.75) is 26.8 Å². The molecule has 0 radical (unpaired) electrons. The first-order chi connectivity index (χ1) is 5.24. The van der Waals surface area contributed by atoms with E-state index in [0.717, 1.165) is 6.26 Å². The van der Waals surface area contributed by atoms with Gasteiger partial charge in [-0.2, -0.15) is 0 Å². The first-order valence-electron chi connectivity index (χ1n) is 3.72. The second kappa shape index (κ2) is 4.00. The average molecular weight is 193 g/mol. The lowest BCUT2D eigenvalue weighted by molar-refractivity contribution is -0.119. The molecule has 4 nitrogen and oxygen atoms in total. The van der Waals surface area contributed by atoms with Crippen molar-refractivity contribution in [3.05, 3.63) is 0 Å². The molecule has 0 rings (SSSR count). The average Bonchev–Trinajstić information content (AvgIpc) is 1.79. The van der Waals surface area contributed by atoms with Gasteiger partial charge in [-0.15, -0.1) is 0 Å². The van der Waals surface area contributed by atoms with Crippen LogP contribution in [0.25, 0.3) is 0 Å². The summed E-state index contributed by atoms with van der Waals surface area (Å²) in [7, 11) is -3.28. The SMILES string of the molecule is CC(=O)[C@@H](NS(C)(=O)=O)C(C)C. The van der Waals surface area contributed by atoms with E-state index in [0.29, 0.717) is 0 Å². The van der Waals surface area contributed by atoms with Gasteiger partial charge in [-0.3, -0.25) is 4.79 Å². The van der Waals surface area contributed by atoms with Gasteiger partial charge in [0, 0.05) is 0 Å². The number of carbonyl (C=O) groups is 1. The molecule has 0 spiro atoms. The Morgan fingerprint density at radius 2 is 1.75 bits per heavy atom.